The van der Waals surface area contributed by atoms with Crippen LogP contribution in [0.25, 0.3) is 6.08 Å². The van der Waals surface area contributed by atoms with Crippen LogP contribution in [0.4, 0.5) is 0 Å². The van der Waals surface area contributed by atoms with Gasteiger partial charge in [0, 0.05) is 11.0 Å². The van der Waals surface area contributed by atoms with Crippen LogP contribution in [0.1, 0.15) is 81.7 Å². The van der Waals surface area contributed by atoms with Crippen molar-refractivity contribution in [3.63, 3.8) is 0 Å². The molecule has 0 fully saturated rings. The van der Waals surface area contributed by atoms with E-state index in [0.717, 1.165) is 24.0 Å². The number of hydrogen-bond acceptors (Lipinski definition) is 1. The maximum absolute atomic E-state index is 9.05. The van der Waals surface area contributed by atoms with Gasteiger partial charge in [-0.1, -0.05) is 76.6 Å². The summed E-state index contributed by atoms with van der Waals surface area (Å²) in [5.41, 5.74) is 9.56. The van der Waals surface area contributed by atoms with Crippen molar-refractivity contribution in [3.8, 4) is 0 Å². The highest BCUT2D eigenvalue weighted by Gasteiger charge is 2.38. The van der Waals surface area contributed by atoms with Crippen LogP contribution < -0.4 is 0 Å². The van der Waals surface area contributed by atoms with Crippen LogP contribution in [0, 0.1) is 18.3 Å². The Kier molecular flexibility index (Phi) is 5.93. The molecule has 0 aromatic heterocycles. The first-order valence-corrected chi connectivity index (χ1v) is 10.8. The monoisotopic (exact) mass is 373 g/mol. The van der Waals surface area contributed by atoms with Gasteiger partial charge in [-0.15, -0.1) is 0 Å². The third kappa shape index (κ3) is 3.48. The Hall–Kier alpha value is -2.15. The molecule has 0 saturated heterocycles. The number of nitrogens with one attached hydrogen (secondary N) is 1. The lowest BCUT2D eigenvalue weighted by Crippen LogP contribution is -2.32. The molecule has 0 spiro atoms. The van der Waals surface area contributed by atoms with E-state index in [1.54, 1.807) is 0 Å². The van der Waals surface area contributed by atoms with E-state index in [-0.39, 0.29) is 5.41 Å². The molecule has 4 rings (SSSR count). The Morgan fingerprint density at radius 1 is 1.04 bits per heavy atom. The van der Waals surface area contributed by atoms with Gasteiger partial charge < -0.3 is 0 Å². The molecule has 0 heterocycles. The summed E-state index contributed by atoms with van der Waals surface area (Å²) in [5.74, 6) is 0.426. The van der Waals surface area contributed by atoms with Gasteiger partial charge in [-0.3, -0.25) is 5.41 Å². The molecule has 1 atom stereocenters. The van der Waals surface area contributed by atoms with Gasteiger partial charge in [-0.25, -0.2) is 0 Å². The third-order valence-electron chi connectivity index (χ3n) is 6.52. The van der Waals surface area contributed by atoms with E-state index in [4.69, 9.17) is 5.41 Å². The van der Waals surface area contributed by atoms with Crippen LogP contribution in [0.15, 0.2) is 47.6 Å². The Balaban J connectivity index is 2.39. The molecule has 3 aliphatic carbocycles. The lowest BCUT2D eigenvalue weighted by atomic mass is 9.64. The summed E-state index contributed by atoms with van der Waals surface area (Å²) in [5, 5.41) is 9.05. The van der Waals surface area contributed by atoms with E-state index in [0.29, 0.717) is 11.6 Å². The molecule has 148 valence electrons. The van der Waals surface area contributed by atoms with Gasteiger partial charge in [0.25, 0.3) is 0 Å². The fraction of sp³-hybridized carbons (Fsp3) is 0.444. The summed E-state index contributed by atoms with van der Waals surface area (Å²) in [7, 11) is 0. The number of rotatable bonds is 4. The summed E-state index contributed by atoms with van der Waals surface area (Å²) >= 11 is 0. The minimum atomic E-state index is -0.102. The SMILES string of the molecule is CCCCc1c(C)cc2c3c1C(C)(C)C(=C(C)C3=N)/C=C\C=CC(CC)C=C2. The lowest BCUT2D eigenvalue weighted by Gasteiger charge is -2.39. The van der Waals surface area contributed by atoms with E-state index >= 15 is 0 Å². The van der Waals surface area contributed by atoms with Crippen molar-refractivity contribution in [2.45, 2.75) is 72.6 Å². The first kappa shape index (κ1) is 20.6. The van der Waals surface area contributed by atoms with Crippen molar-refractivity contribution >= 4 is 11.8 Å². The number of aryl methyl sites for hydroxylation is 1. The highest BCUT2D eigenvalue weighted by atomic mass is 14.5. The smallest absolute Gasteiger partial charge is 0.0653 e. The zero-order valence-corrected chi connectivity index (χ0v) is 18.4. The van der Waals surface area contributed by atoms with Gasteiger partial charge in [0.2, 0.25) is 0 Å². The normalized spacial score (nSPS) is 21.6. The van der Waals surface area contributed by atoms with Crippen molar-refractivity contribution in [1.82, 2.24) is 0 Å². The topological polar surface area (TPSA) is 23.9 Å². The minimum Gasteiger partial charge on any atom is -0.300 e. The van der Waals surface area contributed by atoms with Crippen molar-refractivity contribution < 1.29 is 0 Å². The highest BCUT2D eigenvalue weighted by Crippen LogP contribution is 2.46. The molecule has 1 unspecified atom stereocenters. The van der Waals surface area contributed by atoms with Gasteiger partial charge in [0.15, 0.2) is 0 Å². The van der Waals surface area contributed by atoms with Gasteiger partial charge in [0.1, 0.15) is 0 Å². The second-order valence-electron chi connectivity index (χ2n) is 8.83. The van der Waals surface area contributed by atoms with Crippen LogP contribution in [-0.2, 0) is 11.8 Å². The molecular weight excluding hydrogens is 338 g/mol. The number of fused-ring (bicyclic) bond motifs is 4. The number of unbranched alkanes of at least 4 members (excludes halogenated alkanes) is 1. The molecular formula is C27H35N. The molecule has 1 nitrogen and oxygen atoms in total. The van der Waals surface area contributed by atoms with Crippen LogP contribution in [0.3, 0.4) is 0 Å². The molecule has 4 bridgehead atoms. The first-order valence-electron chi connectivity index (χ1n) is 10.8. The van der Waals surface area contributed by atoms with E-state index in [1.807, 2.05) is 0 Å². The number of allylic oxidation sites excluding steroid dienone is 7. The summed E-state index contributed by atoms with van der Waals surface area (Å²) in [6.45, 7) is 13.5. The fourth-order valence-corrected chi connectivity index (χ4v) is 4.83. The fourth-order valence-electron chi connectivity index (χ4n) is 4.83. The van der Waals surface area contributed by atoms with Crippen molar-refractivity contribution in [2.75, 3.05) is 0 Å². The van der Waals surface area contributed by atoms with E-state index < -0.39 is 0 Å². The first-order chi connectivity index (χ1) is 13.3. The Morgan fingerprint density at radius 3 is 2.46 bits per heavy atom. The Bertz CT molecular complexity index is 903. The minimum absolute atomic E-state index is 0.102. The number of hydrogen-bond donors (Lipinski definition) is 1. The maximum atomic E-state index is 9.05. The average molecular weight is 374 g/mol. The van der Waals surface area contributed by atoms with E-state index in [9.17, 15) is 0 Å². The maximum Gasteiger partial charge on any atom is 0.0653 e. The second-order valence-corrected chi connectivity index (χ2v) is 8.83. The summed E-state index contributed by atoms with van der Waals surface area (Å²) in [6.07, 6.45) is 18.0. The summed E-state index contributed by atoms with van der Waals surface area (Å²) in [4.78, 5) is 0. The molecule has 1 aromatic carbocycles. The van der Waals surface area contributed by atoms with Gasteiger partial charge >= 0.3 is 0 Å². The zero-order valence-electron chi connectivity index (χ0n) is 18.4. The highest BCUT2D eigenvalue weighted by molar-refractivity contribution is 6.16. The standard InChI is InChI=1S/C27H35N/c1-7-9-13-22-18(3)17-21-16-15-20(8-2)12-10-11-14-23-19(4)26(28)24(21)25(22)27(23,5)6/h10-12,14-17,20,28H,7-9,13H2,1-6H3/b12-10?,14-11-,16-15?,28-26?. The predicted molar refractivity (Wildman–Crippen MR) is 123 cm³/mol. The molecule has 3 aliphatic rings. The summed E-state index contributed by atoms with van der Waals surface area (Å²) in [6, 6.07) is 2.32. The molecule has 1 heteroatoms. The van der Waals surface area contributed by atoms with Crippen molar-refractivity contribution in [3.05, 3.63) is 75.4 Å². The van der Waals surface area contributed by atoms with Crippen LogP contribution in [0.2, 0.25) is 0 Å². The summed E-state index contributed by atoms with van der Waals surface area (Å²) < 4.78 is 0. The molecule has 0 saturated carbocycles. The molecule has 0 aliphatic heterocycles. The van der Waals surface area contributed by atoms with E-state index in [1.165, 1.54) is 40.7 Å². The second kappa shape index (κ2) is 8.07. The van der Waals surface area contributed by atoms with Gasteiger partial charge in [-0.05, 0) is 72.4 Å². The van der Waals surface area contributed by atoms with Gasteiger partial charge in [0.05, 0.1) is 5.71 Å². The molecule has 28 heavy (non-hydrogen) atoms. The van der Waals surface area contributed by atoms with Crippen LogP contribution in [0.5, 0.6) is 0 Å². The Morgan fingerprint density at radius 2 is 1.79 bits per heavy atom. The molecule has 0 amide bonds. The third-order valence-corrected chi connectivity index (χ3v) is 6.52. The average Bonchev–Trinajstić information content (AvgIpc) is 2.65. The van der Waals surface area contributed by atoms with Crippen molar-refractivity contribution in [2.24, 2.45) is 5.92 Å². The van der Waals surface area contributed by atoms with Crippen molar-refractivity contribution in [1.29, 1.82) is 5.41 Å². The predicted octanol–water partition coefficient (Wildman–Crippen LogP) is 7.48. The van der Waals surface area contributed by atoms with E-state index in [2.05, 4.69) is 84.1 Å². The Labute approximate surface area is 171 Å². The molecule has 0 radical (unpaired) electrons. The zero-order chi connectivity index (χ0) is 20.5. The van der Waals surface area contributed by atoms with Crippen LogP contribution in [-0.4, -0.2) is 5.71 Å². The van der Waals surface area contributed by atoms with Gasteiger partial charge in [-0.2, -0.15) is 0 Å². The number of benzene rings is 1. The quantitative estimate of drug-likeness (QED) is 0.565. The largest absolute Gasteiger partial charge is 0.300 e. The van der Waals surface area contributed by atoms with Crippen LogP contribution >= 0.6 is 0 Å². The molecule has 1 aromatic rings. The molecule has 1 N–H and O–H groups in total. The lowest BCUT2D eigenvalue weighted by molar-refractivity contribution is 0.613.